The summed E-state index contributed by atoms with van der Waals surface area (Å²) in [6, 6.07) is 14.8. The number of benzene rings is 2. The van der Waals surface area contributed by atoms with E-state index in [0.717, 1.165) is 29.0 Å². The highest BCUT2D eigenvalue weighted by Gasteiger charge is 2.39. The zero-order chi connectivity index (χ0) is 23.3. The predicted octanol–water partition coefficient (Wildman–Crippen LogP) is 3.58. The molecule has 1 saturated heterocycles. The van der Waals surface area contributed by atoms with Crippen LogP contribution in [0.5, 0.6) is 0 Å². The summed E-state index contributed by atoms with van der Waals surface area (Å²) in [5.74, 6) is -2.35. The summed E-state index contributed by atoms with van der Waals surface area (Å²) in [5.41, 5.74) is 1.84. The van der Waals surface area contributed by atoms with Crippen LogP contribution in [0.25, 0.3) is 0 Å². The van der Waals surface area contributed by atoms with Gasteiger partial charge in [-0.05, 0) is 17.5 Å². The van der Waals surface area contributed by atoms with Crippen LogP contribution in [0.15, 0.2) is 66.7 Å². The molecule has 0 saturated carbocycles. The van der Waals surface area contributed by atoms with Crippen molar-refractivity contribution >= 4 is 17.0 Å². The van der Waals surface area contributed by atoms with Crippen LogP contribution < -0.4 is 0 Å². The van der Waals surface area contributed by atoms with Gasteiger partial charge in [0.1, 0.15) is 6.10 Å². The first-order valence-corrected chi connectivity index (χ1v) is 11.5. The maximum absolute atomic E-state index is 14.5. The highest BCUT2D eigenvalue weighted by atomic mass is 32.2. The lowest BCUT2D eigenvalue weighted by molar-refractivity contribution is -0.0929. The van der Waals surface area contributed by atoms with Crippen molar-refractivity contribution in [2.24, 2.45) is 0 Å². The van der Waals surface area contributed by atoms with E-state index in [-0.39, 0.29) is 16.8 Å². The van der Waals surface area contributed by atoms with Crippen molar-refractivity contribution in [3.05, 3.63) is 89.3 Å². The maximum atomic E-state index is 14.5. The molecule has 2 unspecified atom stereocenters. The number of halogens is 2. The number of thioether (sulfide) groups is 1. The lowest BCUT2D eigenvalue weighted by atomic mass is 10.0. The van der Waals surface area contributed by atoms with Crippen molar-refractivity contribution in [3.63, 3.8) is 0 Å². The van der Waals surface area contributed by atoms with Crippen molar-refractivity contribution in [2.75, 3.05) is 12.3 Å². The predicted molar refractivity (Wildman–Crippen MR) is 121 cm³/mol. The third-order valence-corrected chi connectivity index (χ3v) is 6.46. The molecule has 0 bridgehead atoms. The van der Waals surface area contributed by atoms with Gasteiger partial charge >= 0.3 is 5.92 Å². The fourth-order valence-corrected chi connectivity index (χ4v) is 4.58. The van der Waals surface area contributed by atoms with E-state index in [0.29, 0.717) is 31.0 Å². The lowest BCUT2D eigenvalue weighted by Gasteiger charge is -2.23. The Morgan fingerprint density at radius 3 is 2.61 bits per heavy atom. The van der Waals surface area contributed by atoms with Crippen molar-refractivity contribution < 1.29 is 18.7 Å². The molecule has 2 N–H and O–H groups in total. The van der Waals surface area contributed by atoms with Gasteiger partial charge in [-0.25, -0.2) is 0 Å². The second kappa shape index (κ2) is 10.2. The number of aliphatic hydroxyl groups is 1. The van der Waals surface area contributed by atoms with Crippen LogP contribution in [-0.4, -0.2) is 60.3 Å². The number of alkyl halides is 2. The van der Waals surface area contributed by atoms with Crippen LogP contribution in [0.4, 0.5) is 13.6 Å². The van der Waals surface area contributed by atoms with E-state index in [1.54, 1.807) is 11.0 Å². The molecular formula is C23H23F2N5O2S. The molecule has 10 heteroatoms. The van der Waals surface area contributed by atoms with E-state index in [1.807, 2.05) is 24.3 Å². The van der Waals surface area contributed by atoms with Crippen LogP contribution in [-0.2, 0) is 18.8 Å². The minimum atomic E-state index is -3.42. The van der Waals surface area contributed by atoms with Crippen LogP contribution in [0.3, 0.4) is 0 Å². The first-order valence-electron chi connectivity index (χ1n) is 10.5. The summed E-state index contributed by atoms with van der Waals surface area (Å²) >= 11 is 1.15. The van der Waals surface area contributed by atoms with Crippen LogP contribution >= 0.6 is 11.8 Å². The highest BCUT2D eigenvalue weighted by molar-refractivity contribution is 8.13. The topological polar surface area (TPSA) is 95.0 Å². The van der Waals surface area contributed by atoms with Gasteiger partial charge in [-0.3, -0.25) is 4.79 Å². The number of aromatic amines is 1. The number of carbonyl (C=O) groups is 1. The van der Waals surface area contributed by atoms with E-state index < -0.39 is 12.0 Å². The van der Waals surface area contributed by atoms with Gasteiger partial charge in [-0.15, -0.1) is 10.2 Å². The second-order valence-corrected chi connectivity index (χ2v) is 8.70. The Kier molecular flexibility index (Phi) is 7.14. The third-order valence-electron chi connectivity index (χ3n) is 5.47. The second-order valence-electron chi connectivity index (χ2n) is 7.73. The smallest absolute Gasteiger partial charge is 0.302 e. The Morgan fingerprint density at radius 1 is 1.18 bits per heavy atom. The standard InChI is InChI=1S/C23H23F2N5O2S/c24-23(25,18-4-2-1-3-5-18)20(31)11-10-19-15-33-22(32)30(19)13-12-16-6-8-17(9-7-16)14-21-26-28-29-27-21/h1-11,19-20,31H,12-15H2,(H,26,27,28,29). The normalized spacial score (nSPS) is 17.7. The number of aromatic nitrogens is 4. The van der Waals surface area contributed by atoms with Crippen LogP contribution in [0, 0.1) is 0 Å². The lowest BCUT2D eigenvalue weighted by Crippen LogP contribution is -2.35. The number of nitrogens with zero attached hydrogens (tertiary/aromatic N) is 4. The Hall–Kier alpha value is -3.11. The van der Waals surface area contributed by atoms with Gasteiger partial charge in [0, 0.05) is 24.3 Å². The minimum Gasteiger partial charge on any atom is -0.382 e. The fraction of sp³-hybridized carbons (Fsp3) is 0.304. The fourth-order valence-electron chi connectivity index (χ4n) is 3.58. The van der Waals surface area contributed by atoms with Crippen LogP contribution in [0.1, 0.15) is 22.5 Å². The Bertz CT molecular complexity index is 1080. The number of hydrogen-bond donors (Lipinski definition) is 2. The van der Waals surface area contributed by atoms with E-state index in [9.17, 15) is 18.7 Å². The average Bonchev–Trinajstić information content (AvgIpc) is 3.47. The number of carbonyl (C=O) groups excluding carboxylic acids is 1. The molecule has 1 amide bonds. The quantitative estimate of drug-likeness (QED) is 0.463. The summed E-state index contributed by atoms with van der Waals surface area (Å²) < 4.78 is 29.0. The summed E-state index contributed by atoms with van der Waals surface area (Å²) in [6.07, 6.45) is 1.82. The number of H-pyrrole nitrogens is 1. The summed E-state index contributed by atoms with van der Waals surface area (Å²) in [7, 11) is 0. The molecule has 2 aromatic carbocycles. The van der Waals surface area contributed by atoms with Crippen molar-refractivity contribution in [3.8, 4) is 0 Å². The number of rotatable bonds is 9. The molecule has 1 fully saturated rings. The van der Waals surface area contributed by atoms with Gasteiger partial charge in [-0.1, -0.05) is 83.7 Å². The zero-order valence-corrected chi connectivity index (χ0v) is 18.5. The third kappa shape index (κ3) is 5.63. The van der Waals surface area contributed by atoms with E-state index in [1.165, 1.54) is 30.3 Å². The summed E-state index contributed by atoms with van der Waals surface area (Å²) in [4.78, 5) is 14.0. The molecule has 172 valence electrons. The van der Waals surface area contributed by atoms with Crippen LogP contribution in [0.2, 0.25) is 0 Å². The van der Waals surface area contributed by atoms with Gasteiger partial charge in [0.2, 0.25) is 0 Å². The number of tetrazole rings is 1. The van der Waals surface area contributed by atoms with Gasteiger partial charge in [0.15, 0.2) is 5.82 Å². The monoisotopic (exact) mass is 471 g/mol. The van der Waals surface area contributed by atoms with E-state index in [2.05, 4.69) is 20.6 Å². The molecule has 1 aromatic heterocycles. The molecule has 0 aliphatic carbocycles. The summed E-state index contributed by atoms with van der Waals surface area (Å²) in [5, 5.41) is 23.8. The molecule has 1 aliphatic heterocycles. The van der Waals surface area contributed by atoms with E-state index in [4.69, 9.17) is 0 Å². The molecule has 7 nitrogen and oxygen atoms in total. The maximum Gasteiger partial charge on any atom is 0.302 e. The zero-order valence-electron chi connectivity index (χ0n) is 17.6. The van der Waals surface area contributed by atoms with Gasteiger partial charge in [0.25, 0.3) is 5.24 Å². The van der Waals surface area contributed by atoms with Gasteiger partial charge in [0.05, 0.1) is 6.04 Å². The number of aliphatic hydroxyl groups excluding tert-OH is 1. The molecule has 4 rings (SSSR count). The minimum absolute atomic E-state index is 0.0947. The van der Waals surface area contributed by atoms with Crippen molar-refractivity contribution in [1.29, 1.82) is 0 Å². The molecule has 0 radical (unpaired) electrons. The highest BCUT2D eigenvalue weighted by Crippen LogP contribution is 2.33. The van der Waals surface area contributed by atoms with Crippen molar-refractivity contribution in [2.45, 2.75) is 30.9 Å². The Balaban J connectivity index is 1.35. The number of nitrogens with one attached hydrogen (secondary N) is 1. The molecule has 33 heavy (non-hydrogen) atoms. The molecular weight excluding hydrogens is 448 g/mol. The molecule has 3 aromatic rings. The van der Waals surface area contributed by atoms with E-state index >= 15 is 0 Å². The largest absolute Gasteiger partial charge is 0.382 e. The number of amides is 1. The SMILES string of the molecule is O=C1SCC(C=CC(O)C(F)(F)c2ccccc2)N1CCc1ccc(Cc2nn[nH]n2)cc1. The Morgan fingerprint density at radius 2 is 1.91 bits per heavy atom. The van der Waals surface area contributed by atoms with Gasteiger partial charge < -0.3 is 10.0 Å². The molecule has 2 heterocycles. The first-order chi connectivity index (χ1) is 15.9. The number of hydrogen-bond acceptors (Lipinski definition) is 6. The Labute approximate surface area is 193 Å². The first kappa shape index (κ1) is 23.1. The molecule has 2 atom stereocenters. The summed E-state index contributed by atoms with van der Waals surface area (Å²) in [6.45, 7) is 0.455. The molecule has 0 spiro atoms. The average molecular weight is 472 g/mol. The molecule has 1 aliphatic rings. The van der Waals surface area contributed by atoms with Crippen molar-refractivity contribution in [1.82, 2.24) is 25.5 Å². The van der Waals surface area contributed by atoms with Gasteiger partial charge in [-0.2, -0.15) is 14.0 Å².